The third-order valence-electron chi connectivity index (χ3n) is 3.93. The summed E-state index contributed by atoms with van der Waals surface area (Å²) in [5.74, 6) is -0.564. The van der Waals surface area contributed by atoms with Gasteiger partial charge in [0.25, 0.3) is 0 Å². The lowest BCUT2D eigenvalue weighted by atomic mass is 9.87. The highest BCUT2D eigenvalue weighted by Gasteiger charge is 2.47. The molecular formula is C14H19NO2. The number of benzene rings is 1. The summed E-state index contributed by atoms with van der Waals surface area (Å²) in [5, 5.41) is 12.8. The fourth-order valence-electron chi connectivity index (χ4n) is 2.69. The van der Waals surface area contributed by atoms with Gasteiger partial charge in [0, 0.05) is 5.69 Å². The maximum absolute atomic E-state index is 11.6. The molecule has 2 atom stereocenters. The largest absolute Gasteiger partial charge is 0.479 e. The number of anilines is 1. The monoisotopic (exact) mass is 233 g/mol. The van der Waals surface area contributed by atoms with Crippen molar-refractivity contribution in [3.8, 4) is 0 Å². The quantitative estimate of drug-likeness (QED) is 0.843. The van der Waals surface area contributed by atoms with Crippen LogP contribution in [0.4, 0.5) is 5.69 Å². The summed E-state index contributed by atoms with van der Waals surface area (Å²) < 4.78 is 0. The average molecular weight is 233 g/mol. The normalized spacial score (nSPS) is 28.0. The Morgan fingerprint density at radius 2 is 2.18 bits per heavy atom. The highest BCUT2D eigenvalue weighted by atomic mass is 16.4. The first-order valence-corrected chi connectivity index (χ1v) is 6.13. The molecule has 0 aliphatic heterocycles. The van der Waals surface area contributed by atoms with Crippen molar-refractivity contribution in [1.82, 2.24) is 0 Å². The van der Waals surface area contributed by atoms with Crippen molar-refractivity contribution in [1.29, 1.82) is 0 Å². The number of carboxylic acid groups (broad SMARTS) is 1. The molecule has 0 spiro atoms. The van der Waals surface area contributed by atoms with Gasteiger partial charge in [0.05, 0.1) is 0 Å². The lowest BCUT2D eigenvalue weighted by Crippen LogP contribution is -2.48. The maximum Gasteiger partial charge on any atom is 0.329 e. The smallest absolute Gasteiger partial charge is 0.329 e. The van der Waals surface area contributed by atoms with Crippen molar-refractivity contribution in [2.24, 2.45) is 5.92 Å². The van der Waals surface area contributed by atoms with Crippen LogP contribution in [0.1, 0.15) is 31.7 Å². The van der Waals surface area contributed by atoms with Crippen LogP contribution in [0.3, 0.4) is 0 Å². The number of para-hydroxylation sites is 1. The Kier molecular flexibility index (Phi) is 3.09. The van der Waals surface area contributed by atoms with E-state index in [-0.39, 0.29) is 5.92 Å². The van der Waals surface area contributed by atoms with Gasteiger partial charge in [-0.15, -0.1) is 0 Å². The molecule has 1 aromatic carbocycles. The first-order valence-electron chi connectivity index (χ1n) is 6.13. The van der Waals surface area contributed by atoms with Crippen molar-refractivity contribution in [3.05, 3.63) is 29.8 Å². The van der Waals surface area contributed by atoms with Crippen molar-refractivity contribution in [2.45, 2.75) is 38.6 Å². The number of carbonyl (C=O) groups is 1. The summed E-state index contributed by atoms with van der Waals surface area (Å²) in [7, 11) is 0. The minimum atomic E-state index is -0.786. The van der Waals surface area contributed by atoms with E-state index in [0.717, 1.165) is 24.1 Å². The zero-order valence-electron chi connectivity index (χ0n) is 10.4. The standard InChI is InChI=1S/C14H19NO2/c1-10-6-3-4-8-12(10)15-14(13(16)17)9-5-7-11(14)2/h3-4,6,8,11,15H,5,7,9H2,1-2H3,(H,16,17). The molecule has 0 radical (unpaired) electrons. The van der Waals surface area contributed by atoms with Gasteiger partial charge in [-0.25, -0.2) is 4.79 Å². The Bertz CT molecular complexity index is 430. The third-order valence-corrected chi connectivity index (χ3v) is 3.93. The molecule has 3 heteroatoms. The molecule has 0 amide bonds. The average Bonchev–Trinajstić information content (AvgIpc) is 2.65. The molecule has 3 nitrogen and oxygen atoms in total. The summed E-state index contributed by atoms with van der Waals surface area (Å²) in [4.78, 5) is 11.6. The van der Waals surface area contributed by atoms with Crippen LogP contribution in [0.2, 0.25) is 0 Å². The van der Waals surface area contributed by atoms with Gasteiger partial charge < -0.3 is 10.4 Å². The van der Waals surface area contributed by atoms with E-state index in [4.69, 9.17) is 0 Å². The van der Waals surface area contributed by atoms with Crippen LogP contribution in [-0.2, 0) is 4.79 Å². The van der Waals surface area contributed by atoms with Crippen LogP contribution >= 0.6 is 0 Å². The van der Waals surface area contributed by atoms with Gasteiger partial charge in [-0.05, 0) is 37.3 Å². The molecule has 1 saturated carbocycles. The molecule has 92 valence electrons. The Balaban J connectivity index is 2.31. The molecule has 0 heterocycles. The van der Waals surface area contributed by atoms with E-state index in [0.29, 0.717) is 6.42 Å². The zero-order chi connectivity index (χ0) is 12.5. The van der Waals surface area contributed by atoms with Crippen LogP contribution in [0.5, 0.6) is 0 Å². The lowest BCUT2D eigenvalue weighted by molar-refractivity contribution is -0.143. The third kappa shape index (κ3) is 2.02. The van der Waals surface area contributed by atoms with Crippen LogP contribution in [-0.4, -0.2) is 16.6 Å². The zero-order valence-corrected chi connectivity index (χ0v) is 10.4. The second-order valence-corrected chi connectivity index (χ2v) is 5.01. The van der Waals surface area contributed by atoms with E-state index in [2.05, 4.69) is 5.32 Å². The van der Waals surface area contributed by atoms with Crippen molar-refractivity contribution >= 4 is 11.7 Å². The van der Waals surface area contributed by atoms with Crippen LogP contribution in [0, 0.1) is 12.8 Å². The molecular weight excluding hydrogens is 214 g/mol. The molecule has 1 aliphatic carbocycles. The van der Waals surface area contributed by atoms with Gasteiger partial charge in [0.2, 0.25) is 0 Å². The van der Waals surface area contributed by atoms with Gasteiger partial charge in [-0.1, -0.05) is 31.5 Å². The molecule has 1 aliphatic rings. The molecule has 2 N–H and O–H groups in total. The predicted octanol–water partition coefficient (Wildman–Crippen LogP) is 3.05. The van der Waals surface area contributed by atoms with Crippen molar-refractivity contribution in [2.75, 3.05) is 5.32 Å². The van der Waals surface area contributed by atoms with Crippen molar-refractivity contribution in [3.63, 3.8) is 0 Å². The van der Waals surface area contributed by atoms with Crippen LogP contribution in [0.15, 0.2) is 24.3 Å². The molecule has 17 heavy (non-hydrogen) atoms. The second kappa shape index (κ2) is 4.40. The second-order valence-electron chi connectivity index (χ2n) is 5.01. The predicted molar refractivity (Wildman–Crippen MR) is 68.2 cm³/mol. The number of hydrogen-bond acceptors (Lipinski definition) is 2. The first-order chi connectivity index (χ1) is 8.06. The summed E-state index contributed by atoms with van der Waals surface area (Å²) in [6, 6.07) is 7.85. The highest BCUT2D eigenvalue weighted by Crippen LogP contribution is 2.39. The molecule has 1 fully saturated rings. The summed E-state index contributed by atoms with van der Waals surface area (Å²) in [6.07, 6.45) is 2.66. The van der Waals surface area contributed by atoms with Gasteiger partial charge in [-0.3, -0.25) is 0 Å². The van der Waals surface area contributed by atoms with E-state index in [9.17, 15) is 9.90 Å². The Hall–Kier alpha value is -1.51. The van der Waals surface area contributed by atoms with E-state index >= 15 is 0 Å². The fraction of sp³-hybridized carbons (Fsp3) is 0.500. The van der Waals surface area contributed by atoms with Crippen LogP contribution < -0.4 is 5.32 Å². The fourth-order valence-corrected chi connectivity index (χ4v) is 2.69. The highest BCUT2D eigenvalue weighted by molar-refractivity contribution is 5.84. The number of nitrogens with one attached hydrogen (secondary N) is 1. The van der Waals surface area contributed by atoms with Gasteiger partial charge in [0.1, 0.15) is 5.54 Å². The SMILES string of the molecule is Cc1ccccc1NC1(C(=O)O)CCCC1C. The Morgan fingerprint density at radius 1 is 1.47 bits per heavy atom. The summed E-state index contributed by atoms with van der Waals surface area (Å²) in [6.45, 7) is 4.02. The topological polar surface area (TPSA) is 49.3 Å². The molecule has 2 unspecified atom stereocenters. The lowest BCUT2D eigenvalue weighted by Gasteiger charge is -2.32. The minimum Gasteiger partial charge on any atom is -0.479 e. The number of rotatable bonds is 3. The Morgan fingerprint density at radius 3 is 2.71 bits per heavy atom. The molecule has 1 aromatic rings. The molecule has 2 rings (SSSR count). The Labute approximate surface area is 102 Å². The van der Waals surface area contributed by atoms with Gasteiger partial charge in [-0.2, -0.15) is 0 Å². The molecule has 0 saturated heterocycles. The van der Waals surface area contributed by atoms with Gasteiger partial charge in [0.15, 0.2) is 0 Å². The van der Waals surface area contributed by atoms with E-state index in [1.54, 1.807) is 0 Å². The van der Waals surface area contributed by atoms with Crippen LogP contribution in [0.25, 0.3) is 0 Å². The number of hydrogen-bond donors (Lipinski definition) is 2. The summed E-state index contributed by atoms with van der Waals surface area (Å²) >= 11 is 0. The molecule has 0 aromatic heterocycles. The molecule has 0 bridgehead atoms. The summed E-state index contributed by atoms with van der Waals surface area (Å²) in [5.41, 5.74) is 1.24. The first kappa shape index (κ1) is 12.0. The number of aliphatic carboxylic acids is 1. The van der Waals surface area contributed by atoms with Crippen molar-refractivity contribution < 1.29 is 9.90 Å². The van der Waals surface area contributed by atoms with E-state index in [1.165, 1.54) is 0 Å². The maximum atomic E-state index is 11.6. The number of aryl methyl sites for hydroxylation is 1. The van der Waals surface area contributed by atoms with E-state index in [1.807, 2.05) is 38.1 Å². The minimum absolute atomic E-state index is 0.166. The van der Waals surface area contributed by atoms with Gasteiger partial charge >= 0.3 is 5.97 Å². The number of carboxylic acids is 1. The van der Waals surface area contributed by atoms with E-state index < -0.39 is 11.5 Å².